The molecule has 0 aromatic heterocycles. The maximum absolute atomic E-state index is 11.6. The summed E-state index contributed by atoms with van der Waals surface area (Å²) in [6, 6.07) is 5.22. The molecule has 1 atom stereocenters. The molecule has 0 aliphatic carbocycles. The van der Waals surface area contributed by atoms with E-state index in [-0.39, 0.29) is 6.04 Å². The van der Waals surface area contributed by atoms with Gasteiger partial charge in [-0.3, -0.25) is 9.59 Å². The average molecular weight is 335 g/mol. The van der Waals surface area contributed by atoms with Crippen molar-refractivity contribution in [1.82, 2.24) is 10.7 Å². The van der Waals surface area contributed by atoms with Crippen LogP contribution in [0.2, 0.25) is 0 Å². The van der Waals surface area contributed by atoms with E-state index >= 15 is 0 Å². The van der Waals surface area contributed by atoms with E-state index in [1.807, 2.05) is 20.8 Å². The second kappa shape index (κ2) is 10.3. The van der Waals surface area contributed by atoms with Gasteiger partial charge in [0.05, 0.1) is 19.9 Å². The summed E-state index contributed by atoms with van der Waals surface area (Å²) in [5.41, 5.74) is 2.90. The van der Waals surface area contributed by atoms with Crippen LogP contribution in [0.25, 0.3) is 0 Å². The largest absolute Gasteiger partial charge is 0.493 e. The maximum atomic E-state index is 11.6. The average Bonchev–Trinajstić information content (AvgIpc) is 2.59. The highest BCUT2D eigenvalue weighted by Crippen LogP contribution is 2.27. The smallest absolute Gasteiger partial charge is 0.329 e. The lowest BCUT2D eigenvalue weighted by Crippen LogP contribution is -2.41. The fraction of sp³-hybridized carbons (Fsp3) is 0.471. The third-order valence-electron chi connectivity index (χ3n) is 3.23. The van der Waals surface area contributed by atoms with Crippen LogP contribution in [0.15, 0.2) is 23.3 Å². The van der Waals surface area contributed by atoms with E-state index in [0.717, 1.165) is 12.8 Å². The molecule has 1 aromatic carbocycles. The lowest BCUT2D eigenvalue weighted by molar-refractivity contribution is -0.139. The predicted octanol–water partition coefficient (Wildman–Crippen LogP) is 1.85. The number of carbonyl (C=O) groups is 2. The predicted molar refractivity (Wildman–Crippen MR) is 92.4 cm³/mol. The Bertz CT molecular complexity index is 587. The first kappa shape index (κ1) is 19.5. The van der Waals surface area contributed by atoms with Crippen LogP contribution in [0.5, 0.6) is 11.5 Å². The molecule has 0 spiro atoms. The Labute approximate surface area is 142 Å². The Morgan fingerprint density at radius 3 is 2.62 bits per heavy atom. The maximum Gasteiger partial charge on any atom is 0.329 e. The zero-order valence-electron chi connectivity index (χ0n) is 14.6. The number of methoxy groups -OCH3 is 1. The highest BCUT2D eigenvalue weighted by atomic mass is 16.5. The number of hydrazone groups is 1. The molecule has 7 heteroatoms. The van der Waals surface area contributed by atoms with Crippen molar-refractivity contribution in [3.8, 4) is 11.5 Å². The van der Waals surface area contributed by atoms with Gasteiger partial charge in [-0.15, -0.1) is 0 Å². The van der Waals surface area contributed by atoms with Gasteiger partial charge in [-0.2, -0.15) is 5.10 Å². The van der Waals surface area contributed by atoms with Gasteiger partial charge in [0.25, 0.3) is 0 Å². The summed E-state index contributed by atoms with van der Waals surface area (Å²) in [7, 11) is 1.55. The molecular weight excluding hydrogens is 310 g/mol. The summed E-state index contributed by atoms with van der Waals surface area (Å²) in [6.07, 6.45) is 3.08. The highest BCUT2D eigenvalue weighted by Gasteiger charge is 2.14. The van der Waals surface area contributed by atoms with E-state index in [1.54, 1.807) is 25.3 Å². The van der Waals surface area contributed by atoms with Crippen molar-refractivity contribution in [1.29, 1.82) is 0 Å². The van der Waals surface area contributed by atoms with E-state index in [2.05, 4.69) is 15.8 Å². The van der Waals surface area contributed by atoms with E-state index in [4.69, 9.17) is 9.47 Å². The summed E-state index contributed by atoms with van der Waals surface area (Å²) in [5.74, 6) is -0.287. The summed E-state index contributed by atoms with van der Waals surface area (Å²) in [4.78, 5) is 23.2. The van der Waals surface area contributed by atoms with Crippen molar-refractivity contribution in [3.63, 3.8) is 0 Å². The summed E-state index contributed by atoms with van der Waals surface area (Å²) < 4.78 is 10.8. The van der Waals surface area contributed by atoms with Gasteiger partial charge in [-0.25, -0.2) is 5.43 Å². The molecule has 0 aliphatic rings. The number of nitrogens with one attached hydrogen (secondary N) is 2. The van der Waals surface area contributed by atoms with Crippen LogP contribution in [0.3, 0.4) is 0 Å². The molecule has 0 aliphatic heterocycles. The lowest BCUT2D eigenvalue weighted by Gasteiger charge is -2.10. The monoisotopic (exact) mass is 335 g/mol. The first-order valence-corrected chi connectivity index (χ1v) is 7.96. The van der Waals surface area contributed by atoms with Crippen molar-refractivity contribution in [2.75, 3.05) is 13.7 Å². The van der Waals surface area contributed by atoms with Gasteiger partial charge in [0.1, 0.15) is 0 Å². The Balaban J connectivity index is 2.63. The molecule has 0 radical (unpaired) electrons. The van der Waals surface area contributed by atoms with Crippen LogP contribution in [0.1, 0.15) is 39.2 Å². The number of amides is 2. The fourth-order valence-corrected chi connectivity index (χ4v) is 1.70. The molecule has 0 saturated heterocycles. The second-order valence-electron chi connectivity index (χ2n) is 5.24. The van der Waals surface area contributed by atoms with Crippen molar-refractivity contribution < 1.29 is 19.1 Å². The number of nitrogens with zero attached hydrogens (tertiary/aromatic N) is 1. The van der Waals surface area contributed by atoms with Crippen molar-refractivity contribution in [2.24, 2.45) is 5.10 Å². The normalized spacial score (nSPS) is 11.8. The van der Waals surface area contributed by atoms with Gasteiger partial charge >= 0.3 is 11.8 Å². The van der Waals surface area contributed by atoms with Gasteiger partial charge in [-0.1, -0.05) is 13.8 Å². The summed E-state index contributed by atoms with van der Waals surface area (Å²) in [6.45, 7) is 6.36. The molecular formula is C17H25N3O4. The quantitative estimate of drug-likeness (QED) is 0.431. The molecule has 0 bridgehead atoms. The molecule has 2 N–H and O–H groups in total. The molecule has 0 heterocycles. The minimum atomic E-state index is -0.804. The first-order chi connectivity index (χ1) is 11.5. The van der Waals surface area contributed by atoms with Crippen LogP contribution in [0.4, 0.5) is 0 Å². The third kappa shape index (κ3) is 6.28. The number of carbonyl (C=O) groups excluding carboxylic acids is 2. The van der Waals surface area contributed by atoms with E-state index in [0.29, 0.717) is 23.7 Å². The Kier molecular flexibility index (Phi) is 8.32. The molecule has 0 fully saturated rings. The zero-order valence-corrected chi connectivity index (χ0v) is 14.6. The summed E-state index contributed by atoms with van der Waals surface area (Å²) >= 11 is 0. The van der Waals surface area contributed by atoms with E-state index in [9.17, 15) is 9.59 Å². The Morgan fingerprint density at radius 2 is 2.00 bits per heavy atom. The first-order valence-electron chi connectivity index (χ1n) is 7.96. The van der Waals surface area contributed by atoms with E-state index < -0.39 is 11.8 Å². The van der Waals surface area contributed by atoms with Crippen LogP contribution in [-0.2, 0) is 9.59 Å². The van der Waals surface area contributed by atoms with Gasteiger partial charge in [0, 0.05) is 6.04 Å². The van der Waals surface area contributed by atoms with Crippen LogP contribution < -0.4 is 20.2 Å². The van der Waals surface area contributed by atoms with E-state index in [1.165, 1.54) is 6.21 Å². The molecule has 7 nitrogen and oxygen atoms in total. The number of rotatable bonds is 8. The molecule has 0 saturated carbocycles. The van der Waals surface area contributed by atoms with Gasteiger partial charge in [0.2, 0.25) is 0 Å². The van der Waals surface area contributed by atoms with Gasteiger partial charge < -0.3 is 14.8 Å². The van der Waals surface area contributed by atoms with Crippen LogP contribution in [-0.4, -0.2) is 37.8 Å². The SMILES string of the molecule is CCCOc1ccc(/C=N\NC(=O)C(=O)N[C@@H](C)CC)cc1OC. The zero-order chi connectivity index (χ0) is 17.9. The Hall–Kier alpha value is -2.57. The van der Waals surface area contributed by atoms with Crippen molar-refractivity contribution in [3.05, 3.63) is 23.8 Å². The minimum absolute atomic E-state index is 0.0628. The molecule has 1 aromatic rings. The summed E-state index contributed by atoms with van der Waals surface area (Å²) in [5, 5.41) is 6.34. The topological polar surface area (TPSA) is 89.0 Å². The van der Waals surface area contributed by atoms with Crippen molar-refractivity contribution in [2.45, 2.75) is 39.7 Å². The third-order valence-corrected chi connectivity index (χ3v) is 3.23. The fourth-order valence-electron chi connectivity index (χ4n) is 1.70. The van der Waals surface area contributed by atoms with Gasteiger partial charge in [-0.05, 0) is 43.5 Å². The van der Waals surface area contributed by atoms with Crippen LogP contribution in [0, 0.1) is 0 Å². The molecule has 2 amide bonds. The van der Waals surface area contributed by atoms with Crippen molar-refractivity contribution >= 4 is 18.0 Å². The standard InChI is InChI=1S/C17H25N3O4/c1-5-9-24-14-8-7-13(10-15(14)23-4)11-18-20-17(22)16(21)19-12(3)6-2/h7-8,10-12H,5-6,9H2,1-4H3,(H,19,21)(H,20,22)/b18-11-/t12-/m0/s1. The van der Waals surface area contributed by atoms with Crippen LogP contribution >= 0.6 is 0 Å². The number of hydrogen-bond acceptors (Lipinski definition) is 5. The van der Waals surface area contributed by atoms with Gasteiger partial charge in [0.15, 0.2) is 11.5 Å². The number of ether oxygens (including phenoxy) is 2. The number of benzene rings is 1. The highest BCUT2D eigenvalue weighted by molar-refractivity contribution is 6.35. The molecule has 24 heavy (non-hydrogen) atoms. The second-order valence-corrected chi connectivity index (χ2v) is 5.24. The molecule has 0 unspecified atom stereocenters. The number of hydrogen-bond donors (Lipinski definition) is 2. The molecule has 132 valence electrons. The minimum Gasteiger partial charge on any atom is -0.493 e. The Morgan fingerprint density at radius 1 is 1.25 bits per heavy atom. The lowest BCUT2D eigenvalue weighted by atomic mass is 10.2. The molecule has 1 rings (SSSR count).